The maximum atomic E-state index is 11.8. The Hall–Kier alpha value is -1.43. The van der Waals surface area contributed by atoms with Gasteiger partial charge in [0.1, 0.15) is 5.82 Å². The van der Waals surface area contributed by atoms with Crippen LogP contribution in [0.25, 0.3) is 0 Å². The van der Waals surface area contributed by atoms with Gasteiger partial charge in [-0.1, -0.05) is 20.8 Å². The summed E-state index contributed by atoms with van der Waals surface area (Å²) in [5, 5.41) is 9.57. The van der Waals surface area contributed by atoms with Crippen LogP contribution in [0.3, 0.4) is 0 Å². The Labute approximate surface area is 115 Å². The van der Waals surface area contributed by atoms with Crippen molar-refractivity contribution in [3.63, 3.8) is 0 Å². The fourth-order valence-corrected chi connectivity index (χ4v) is 1.90. The molecule has 6 nitrogen and oxygen atoms in total. The van der Waals surface area contributed by atoms with Crippen LogP contribution in [-0.4, -0.2) is 52.2 Å². The molecule has 0 radical (unpaired) electrons. The molecule has 0 aliphatic heterocycles. The molecule has 1 amide bonds. The number of aromatic amines is 1. The van der Waals surface area contributed by atoms with Crippen molar-refractivity contribution in [2.45, 2.75) is 40.0 Å². The van der Waals surface area contributed by atoms with Gasteiger partial charge in [-0.15, -0.1) is 5.10 Å². The van der Waals surface area contributed by atoms with E-state index in [-0.39, 0.29) is 11.7 Å². The average molecular weight is 267 g/mol. The molecule has 1 aromatic heterocycles. The lowest BCUT2D eigenvalue weighted by Crippen LogP contribution is -2.35. The number of nitrogens with zero attached hydrogens (tertiary/aromatic N) is 3. The van der Waals surface area contributed by atoms with Gasteiger partial charge in [-0.2, -0.15) is 0 Å². The fourth-order valence-electron chi connectivity index (χ4n) is 1.90. The Morgan fingerprint density at radius 3 is 2.68 bits per heavy atom. The zero-order valence-corrected chi connectivity index (χ0v) is 12.2. The molecule has 0 saturated heterocycles. The summed E-state index contributed by atoms with van der Waals surface area (Å²) in [7, 11) is 0. The molecule has 0 saturated carbocycles. The molecule has 1 aromatic rings. The van der Waals surface area contributed by atoms with Crippen molar-refractivity contribution in [1.29, 1.82) is 0 Å². The Morgan fingerprint density at radius 1 is 1.26 bits per heavy atom. The molecule has 0 spiro atoms. The topological polar surface area (TPSA) is 73.9 Å². The van der Waals surface area contributed by atoms with Crippen LogP contribution in [0.2, 0.25) is 0 Å². The quantitative estimate of drug-likeness (QED) is 0.705. The highest BCUT2D eigenvalue weighted by molar-refractivity contribution is 5.90. The van der Waals surface area contributed by atoms with Gasteiger partial charge in [0, 0.05) is 19.5 Å². The summed E-state index contributed by atoms with van der Waals surface area (Å²) in [5.41, 5.74) is 0. The van der Waals surface area contributed by atoms with E-state index < -0.39 is 0 Å². The first-order chi connectivity index (χ1) is 9.21. The molecule has 0 bridgehead atoms. The summed E-state index contributed by atoms with van der Waals surface area (Å²) in [4.78, 5) is 18.3. The van der Waals surface area contributed by atoms with E-state index in [0.29, 0.717) is 6.54 Å². The van der Waals surface area contributed by atoms with E-state index in [2.05, 4.69) is 46.2 Å². The van der Waals surface area contributed by atoms with Crippen molar-refractivity contribution in [2.24, 2.45) is 0 Å². The molecular formula is C13H25N5O. The molecule has 1 rings (SSSR count). The highest BCUT2D eigenvalue weighted by Gasteiger charge is 2.11. The van der Waals surface area contributed by atoms with Crippen molar-refractivity contribution in [2.75, 3.05) is 26.2 Å². The summed E-state index contributed by atoms with van der Waals surface area (Å²) < 4.78 is 0. The number of carbonyl (C=O) groups is 1. The molecule has 6 heteroatoms. The van der Waals surface area contributed by atoms with Crippen LogP contribution in [0.5, 0.6) is 0 Å². The van der Waals surface area contributed by atoms with E-state index in [9.17, 15) is 4.79 Å². The van der Waals surface area contributed by atoms with Gasteiger partial charge in [0.05, 0.1) is 0 Å². The van der Waals surface area contributed by atoms with Crippen LogP contribution < -0.4 is 5.32 Å². The lowest BCUT2D eigenvalue weighted by Gasteiger charge is -2.19. The first-order valence-electron chi connectivity index (χ1n) is 7.13. The number of carbonyl (C=O) groups excluding carboxylic acids is 1. The molecule has 0 aromatic carbocycles. The third-order valence-corrected chi connectivity index (χ3v) is 2.92. The van der Waals surface area contributed by atoms with Gasteiger partial charge in [-0.05, 0) is 25.9 Å². The zero-order valence-electron chi connectivity index (χ0n) is 12.2. The Bertz CT molecular complexity index is 377. The highest BCUT2D eigenvalue weighted by atomic mass is 16.2. The van der Waals surface area contributed by atoms with Gasteiger partial charge < -0.3 is 10.2 Å². The smallest absolute Gasteiger partial charge is 0.291 e. The summed E-state index contributed by atoms with van der Waals surface area (Å²) in [6.07, 6.45) is 2.93. The number of hydrogen-bond donors (Lipinski definition) is 2. The molecule has 0 fully saturated rings. The maximum Gasteiger partial charge on any atom is 0.291 e. The number of aryl methyl sites for hydroxylation is 1. The minimum Gasteiger partial charge on any atom is -0.348 e. The van der Waals surface area contributed by atoms with Crippen LogP contribution >= 0.6 is 0 Å². The minimum absolute atomic E-state index is 0.203. The van der Waals surface area contributed by atoms with Gasteiger partial charge in [-0.25, -0.2) is 4.98 Å². The third kappa shape index (κ3) is 5.38. The second kappa shape index (κ2) is 8.63. The van der Waals surface area contributed by atoms with Crippen molar-refractivity contribution in [3.8, 4) is 0 Å². The third-order valence-electron chi connectivity index (χ3n) is 2.92. The van der Waals surface area contributed by atoms with Gasteiger partial charge in [0.2, 0.25) is 5.82 Å². The molecule has 0 aliphatic carbocycles. The number of likely N-dealkylation sites (N-methyl/N-ethyl adjacent to an activating group) is 1. The number of amides is 1. The summed E-state index contributed by atoms with van der Waals surface area (Å²) in [6, 6.07) is 0. The Kier molecular flexibility index (Phi) is 7.10. The lowest BCUT2D eigenvalue weighted by molar-refractivity contribution is 0.0938. The predicted molar refractivity (Wildman–Crippen MR) is 75.1 cm³/mol. The number of aromatic nitrogens is 3. The summed E-state index contributed by atoms with van der Waals surface area (Å²) in [5.74, 6) is 0.807. The first-order valence-corrected chi connectivity index (χ1v) is 7.13. The van der Waals surface area contributed by atoms with E-state index in [1.165, 1.54) is 0 Å². The second-order valence-corrected chi connectivity index (χ2v) is 4.55. The van der Waals surface area contributed by atoms with Crippen LogP contribution in [0, 0.1) is 0 Å². The molecule has 19 heavy (non-hydrogen) atoms. The van der Waals surface area contributed by atoms with Crippen molar-refractivity contribution in [1.82, 2.24) is 25.4 Å². The summed E-state index contributed by atoms with van der Waals surface area (Å²) in [6.45, 7) is 9.91. The average Bonchev–Trinajstić information content (AvgIpc) is 2.86. The Morgan fingerprint density at radius 2 is 2.05 bits per heavy atom. The predicted octanol–water partition coefficient (Wildman–Crippen LogP) is 1.22. The van der Waals surface area contributed by atoms with E-state index in [1.807, 2.05) is 0 Å². The molecule has 0 unspecified atom stereocenters. The van der Waals surface area contributed by atoms with Crippen molar-refractivity contribution < 1.29 is 4.79 Å². The normalized spacial score (nSPS) is 10.9. The largest absolute Gasteiger partial charge is 0.348 e. The maximum absolute atomic E-state index is 11.8. The monoisotopic (exact) mass is 267 g/mol. The van der Waals surface area contributed by atoms with Crippen LogP contribution in [0.4, 0.5) is 0 Å². The van der Waals surface area contributed by atoms with Gasteiger partial charge in [-0.3, -0.25) is 9.89 Å². The number of hydrogen-bond acceptors (Lipinski definition) is 4. The fraction of sp³-hybridized carbons (Fsp3) is 0.769. The first kappa shape index (κ1) is 15.6. The molecule has 0 aliphatic rings. The molecule has 108 valence electrons. The molecule has 2 N–H and O–H groups in total. The zero-order chi connectivity index (χ0) is 14.1. The number of H-pyrrole nitrogens is 1. The van der Waals surface area contributed by atoms with E-state index in [4.69, 9.17) is 0 Å². The van der Waals surface area contributed by atoms with Crippen molar-refractivity contribution in [3.05, 3.63) is 11.6 Å². The van der Waals surface area contributed by atoms with Crippen LogP contribution in [0.15, 0.2) is 0 Å². The van der Waals surface area contributed by atoms with Gasteiger partial charge in [0.25, 0.3) is 5.91 Å². The Balaban J connectivity index is 2.33. The molecule has 0 atom stereocenters. The van der Waals surface area contributed by atoms with Crippen LogP contribution in [0.1, 0.15) is 50.1 Å². The van der Waals surface area contributed by atoms with E-state index in [0.717, 1.165) is 44.7 Å². The highest BCUT2D eigenvalue weighted by Crippen LogP contribution is 1.96. The summed E-state index contributed by atoms with van der Waals surface area (Å²) >= 11 is 0. The van der Waals surface area contributed by atoms with Crippen LogP contribution in [-0.2, 0) is 6.42 Å². The number of nitrogens with one attached hydrogen (secondary N) is 2. The minimum atomic E-state index is -0.203. The van der Waals surface area contributed by atoms with E-state index in [1.54, 1.807) is 0 Å². The SMILES string of the molecule is CCCc1nc(C(=O)NCCN(CC)CCC)n[nH]1. The standard InChI is InChI=1S/C13H25N5O/c1-4-7-11-15-12(17-16-11)13(19)14-8-10-18(6-3)9-5-2/h4-10H2,1-3H3,(H,14,19)(H,15,16,17). The number of rotatable bonds is 9. The van der Waals surface area contributed by atoms with Crippen molar-refractivity contribution >= 4 is 5.91 Å². The molecule has 1 heterocycles. The van der Waals surface area contributed by atoms with E-state index >= 15 is 0 Å². The lowest BCUT2D eigenvalue weighted by atomic mass is 10.3. The molecular weight excluding hydrogens is 242 g/mol. The van der Waals surface area contributed by atoms with Gasteiger partial charge >= 0.3 is 0 Å². The second-order valence-electron chi connectivity index (χ2n) is 4.55. The van der Waals surface area contributed by atoms with Gasteiger partial charge in [0.15, 0.2) is 0 Å².